The lowest BCUT2D eigenvalue weighted by atomic mass is 10.2. The molecule has 6 nitrogen and oxygen atoms in total. The summed E-state index contributed by atoms with van der Waals surface area (Å²) in [6.45, 7) is 2.84. The second-order valence-corrected chi connectivity index (χ2v) is 6.08. The SMILES string of the molecule is Cc1ccc(C(=O)N(C)Cc2cnn(Cc3ccccc3)c2)c(=O)[nH]1. The van der Waals surface area contributed by atoms with Gasteiger partial charge in [0.2, 0.25) is 0 Å². The van der Waals surface area contributed by atoms with E-state index >= 15 is 0 Å². The van der Waals surface area contributed by atoms with E-state index < -0.39 is 0 Å². The molecule has 0 fully saturated rings. The van der Waals surface area contributed by atoms with Crippen molar-refractivity contribution in [2.75, 3.05) is 7.05 Å². The Labute approximate surface area is 145 Å². The third kappa shape index (κ3) is 4.03. The van der Waals surface area contributed by atoms with Crippen molar-refractivity contribution < 1.29 is 4.79 Å². The van der Waals surface area contributed by atoms with Gasteiger partial charge in [0.25, 0.3) is 11.5 Å². The Bertz CT molecular complexity index is 928. The van der Waals surface area contributed by atoms with Crippen LogP contribution in [0.5, 0.6) is 0 Å². The highest BCUT2D eigenvalue weighted by Gasteiger charge is 2.16. The first-order valence-electron chi connectivity index (χ1n) is 8.03. The van der Waals surface area contributed by atoms with E-state index in [1.54, 1.807) is 32.3 Å². The molecule has 1 N–H and O–H groups in total. The van der Waals surface area contributed by atoms with Crippen molar-refractivity contribution in [1.82, 2.24) is 19.7 Å². The third-order valence-corrected chi connectivity index (χ3v) is 3.93. The normalized spacial score (nSPS) is 10.6. The maximum atomic E-state index is 12.5. The molecule has 0 radical (unpaired) electrons. The van der Waals surface area contributed by atoms with E-state index in [1.807, 2.05) is 41.2 Å². The van der Waals surface area contributed by atoms with Crippen LogP contribution in [0.1, 0.15) is 27.2 Å². The molecule has 0 saturated heterocycles. The molecule has 0 aliphatic rings. The number of H-pyrrole nitrogens is 1. The number of rotatable bonds is 5. The molecule has 1 amide bonds. The third-order valence-electron chi connectivity index (χ3n) is 3.93. The smallest absolute Gasteiger partial charge is 0.260 e. The maximum absolute atomic E-state index is 12.5. The van der Waals surface area contributed by atoms with Gasteiger partial charge in [0.1, 0.15) is 5.56 Å². The first-order valence-corrected chi connectivity index (χ1v) is 8.03. The van der Waals surface area contributed by atoms with Crippen LogP contribution in [0.2, 0.25) is 0 Å². The van der Waals surface area contributed by atoms with Gasteiger partial charge in [0, 0.05) is 31.0 Å². The molecule has 2 heterocycles. The molecule has 3 aromatic rings. The van der Waals surface area contributed by atoms with E-state index in [1.165, 1.54) is 4.90 Å². The van der Waals surface area contributed by atoms with E-state index in [9.17, 15) is 9.59 Å². The van der Waals surface area contributed by atoms with Gasteiger partial charge in [-0.05, 0) is 24.6 Å². The summed E-state index contributed by atoms with van der Waals surface area (Å²) in [5, 5.41) is 4.34. The van der Waals surface area contributed by atoms with Crippen LogP contribution in [0.15, 0.2) is 59.7 Å². The van der Waals surface area contributed by atoms with Gasteiger partial charge < -0.3 is 9.88 Å². The van der Waals surface area contributed by atoms with Crippen molar-refractivity contribution in [2.24, 2.45) is 0 Å². The highest BCUT2D eigenvalue weighted by molar-refractivity contribution is 5.93. The van der Waals surface area contributed by atoms with Crippen LogP contribution in [0.4, 0.5) is 0 Å². The molecule has 2 aromatic heterocycles. The van der Waals surface area contributed by atoms with E-state index in [4.69, 9.17) is 0 Å². The number of nitrogens with one attached hydrogen (secondary N) is 1. The predicted molar refractivity (Wildman–Crippen MR) is 95.4 cm³/mol. The first-order chi connectivity index (χ1) is 12.0. The topological polar surface area (TPSA) is 71.0 Å². The van der Waals surface area contributed by atoms with Gasteiger partial charge in [0.05, 0.1) is 12.7 Å². The summed E-state index contributed by atoms with van der Waals surface area (Å²) in [4.78, 5) is 28.6. The summed E-state index contributed by atoms with van der Waals surface area (Å²) in [6.07, 6.45) is 3.66. The number of hydrogen-bond donors (Lipinski definition) is 1. The Balaban J connectivity index is 1.68. The Morgan fingerprint density at radius 2 is 1.92 bits per heavy atom. The molecule has 6 heteroatoms. The van der Waals surface area contributed by atoms with Crippen molar-refractivity contribution in [2.45, 2.75) is 20.0 Å². The monoisotopic (exact) mass is 336 g/mol. The van der Waals surface area contributed by atoms with Crippen molar-refractivity contribution >= 4 is 5.91 Å². The molecule has 0 aliphatic carbocycles. The zero-order valence-corrected chi connectivity index (χ0v) is 14.3. The summed E-state index contributed by atoms with van der Waals surface area (Å²) < 4.78 is 1.83. The zero-order chi connectivity index (χ0) is 17.8. The number of amides is 1. The van der Waals surface area contributed by atoms with E-state index in [-0.39, 0.29) is 17.0 Å². The summed E-state index contributed by atoms with van der Waals surface area (Å²) in [5.74, 6) is -0.308. The van der Waals surface area contributed by atoms with Crippen LogP contribution in [0, 0.1) is 6.92 Å². The molecule has 1 aromatic carbocycles. The van der Waals surface area contributed by atoms with Gasteiger partial charge in [-0.25, -0.2) is 0 Å². The second kappa shape index (κ2) is 7.17. The number of aromatic nitrogens is 3. The van der Waals surface area contributed by atoms with Crippen molar-refractivity contribution in [3.05, 3.63) is 87.6 Å². The highest BCUT2D eigenvalue weighted by atomic mass is 16.2. The molecule has 0 saturated carbocycles. The minimum atomic E-state index is -0.364. The number of carbonyl (C=O) groups is 1. The molecular weight excluding hydrogens is 316 g/mol. The van der Waals surface area contributed by atoms with Crippen LogP contribution in [0.25, 0.3) is 0 Å². The molecule has 128 valence electrons. The number of aromatic amines is 1. The zero-order valence-electron chi connectivity index (χ0n) is 14.3. The van der Waals surface area contributed by atoms with Crippen LogP contribution in [0.3, 0.4) is 0 Å². The summed E-state index contributed by atoms with van der Waals surface area (Å²) >= 11 is 0. The number of nitrogens with zero attached hydrogens (tertiary/aromatic N) is 3. The van der Waals surface area contributed by atoms with E-state index in [0.717, 1.165) is 16.8 Å². The molecule has 0 bridgehead atoms. The lowest BCUT2D eigenvalue weighted by molar-refractivity contribution is 0.0783. The van der Waals surface area contributed by atoms with Crippen molar-refractivity contribution in [3.8, 4) is 0 Å². The van der Waals surface area contributed by atoms with Crippen LogP contribution < -0.4 is 5.56 Å². The fourth-order valence-electron chi connectivity index (χ4n) is 2.64. The Kier molecular flexibility index (Phi) is 4.79. The quantitative estimate of drug-likeness (QED) is 0.776. The second-order valence-electron chi connectivity index (χ2n) is 6.08. The van der Waals surface area contributed by atoms with Gasteiger partial charge in [-0.15, -0.1) is 0 Å². The molecular formula is C19H20N4O2. The number of hydrogen-bond acceptors (Lipinski definition) is 3. The van der Waals surface area contributed by atoms with Gasteiger partial charge in [0.15, 0.2) is 0 Å². The Morgan fingerprint density at radius 3 is 2.64 bits per heavy atom. The number of pyridine rings is 1. The predicted octanol–water partition coefficient (Wildman–Crippen LogP) is 2.20. The average molecular weight is 336 g/mol. The standard InChI is InChI=1S/C19H20N4O2/c1-14-8-9-17(18(24)21-14)19(25)22(2)11-16-10-20-23(13-16)12-15-6-4-3-5-7-15/h3-10,13H,11-12H2,1-2H3,(H,21,24). The van der Waals surface area contributed by atoms with E-state index in [0.29, 0.717) is 13.1 Å². The Morgan fingerprint density at radius 1 is 1.16 bits per heavy atom. The van der Waals surface area contributed by atoms with E-state index in [2.05, 4.69) is 10.1 Å². The highest BCUT2D eigenvalue weighted by Crippen LogP contribution is 2.08. The summed E-state index contributed by atoms with van der Waals surface area (Å²) in [7, 11) is 1.68. The summed E-state index contributed by atoms with van der Waals surface area (Å²) in [5.41, 5.74) is 2.58. The number of carbonyl (C=O) groups excluding carboxylic acids is 1. The average Bonchev–Trinajstić information content (AvgIpc) is 3.02. The van der Waals surface area contributed by atoms with Crippen molar-refractivity contribution in [3.63, 3.8) is 0 Å². The van der Waals surface area contributed by atoms with Crippen LogP contribution in [-0.4, -0.2) is 32.6 Å². The fraction of sp³-hybridized carbons (Fsp3) is 0.211. The maximum Gasteiger partial charge on any atom is 0.260 e. The number of benzene rings is 1. The number of aryl methyl sites for hydroxylation is 1. The van der Waals surface area contributed by atoms with Gasteiger partial charge in [-0.2, -0.15) is 5.10 Å². The van der Waals surface area contributed by atoms with Crippen LogP contribution in [-0.2, 0) is 13.1 Å². The minimum Gasteiger partial charge on any atom is -0.337 e. The molecule has 0 spiro atoms. The molecule has 0 unspecified atom stereocenters. The van der Waals surface area contributed by atoms with Crippen LogP contribution >= 0.6 is 0 Å². The Hall–Kier alpha value is -3.15. The summed E-state index contributed by atoms with van der Waals surface area (Å²) in [6, 6.07) is 13.3. The van der Waals surface area contributed by atoms with Gasteiger partial charge in [-0.1, -0.05) is 30.3 Å². The largest absolute Gasteiger partial charge is 0.337 e. The van der Waals surface area contributed by atoms with Gasteiger partial charge in [-0.3, -0.25) is 14.3 Å². The molecule has 0 atom stereocenters. The molecule has 25 heavy (non-hydrogen) atoms. The van der Waals surface area contributed by atoms with Gasteiger partial charge >= 0.3 is 0 Å². The lowest BCUT2D eigenvalue weighted by Crippen LogP contribution is -2.31. The van der Waals surface area contributed by atoms with Crippen molar-refractivity contribution in [1.29, 1.82) is 0 Å². The minimum absolute atomic E-state index is 0.143. The fourth-order valence-corrected chi connectivity index (χ4v) is 2.64. The molecule has 0 aliphatic heterocycles. The first kappa shape index (κ1) is 16.7. The lowest BCUT2D eigenvalue weighted by Gasteiger charge is -2.15. The molecule has 3 rings (SSSR count).